The fraction of sp³-hybridized carbons (Fsp3) is 0.526. The maximum Gasteiger partial charge on any atom is 0.318 e. The molecular formula is C19H26N4O2. The standard InChI is InChI=1S/C19H26N4O2/c1-13(2)17(16-7-5-14(3)6-8-16)18(24)22-9-11-23(12-10-22)19-21-20-15(4)25-19/h5-8,13,17H,9-12H2,1-4H3. The highest BCUT2D eigenvalue weighted by Gasteiger charge is 2.31. The summed E-state index contributed by atoms with van der Waals surface area (Å²) in [5, 5.41) is 7.94. The van der Waals surface area contributed by atoms with Crippen LogP contribution in [0.1, 0.15) is 36.8 Å². The van der Waals surface area contributed by atoms with Crippen LogP contribution in [-0.4, -0.2) is 47.2 Å². The number of piperazine rings is 1. The summed E-state index contributed by atoms with van der Waals surface area (Å²) in [6, 6.07) is 8.86. The van der Waals surface area contributed by atoms with Crippen LogP contribution >= 0.6 is 0 Å². The molecule has 25 heavy (non-hydrogen) atoms. The number of amides is 1. The SMILES string of the molecule is Cc1ccc(C(C(=O)N2CCN(c3nnc(C)o3)CC2)C(C)C)cc1. The predicted molar refractivity (Wildman–Crippen MR) is 96.6 cm³/mol. The highest BCUT2D eigenvalue weighted by Crippen LogP contribution is 2.28. The largest absolute Gasteiger partial charge is 0.408 e. The molecule has 1 aromatic carbocycles. The Morgan fingerprint density at radius 2 is 1.68 bits per heavy atom. The quantitative estimate of drug-likeness (QED) is 0.855. The second-order valence-electron chi connectivity index (χ2n) is 7.05. The van der Waals surface area contributed by atoms with E-state index in [4.69, 9.17) is 4.42 Å². The molecule has 0 bridgehead atoms. The summed E-state index contributed by atoms with van der Waals surface area (Å²) in [6.45, 7) is 10.8. The fourth-order valence-corrected chi connectivity index (χ4v) is 3.32. The van der Waals surface area contributed by atoms with Crippen molar-refractivity contribution in [2.24, 2.45) is 5.92 Å². The zero-order chi connectivity index (χ0) is 18.0. The van der Waals surface area contributed by atoms with E-state index in [-0.39, 0.29) is 17.7 Å². The Balaban J connectivity index is 1.68. The molecular weight excluding hydrogens is 316 g/mol. The molecule has 0 spiro atoms. The monoisotopic (exact) mass is 342 g/mol. The number of rotatable bonds is 4. The van der Waals surface area contributed by atoms with Gasteiger partial charge in [0, 0.05) is 33.1 Å². The number of nitrogens with zero attached hydrogens (tertiary/aromatic N) is 4. The van der Waals surface area contributed by atoms with E-state index in [0.717, 1.165) is 5.56 Å². The molecule has 1 unspecified atom stereocenters. The lowest BCUT2D eigenvalue weighted by Gasteiger charge is -2.36. The average Bonchev–Trinajstić information content (AvgIpc) is 3.03. The molecule has 1 aliphatic rings. The van der Waals surface area contributed by atoms with Gasteiger partial charge in [0.05, 0.1) is 5.92 Å². The molecule has 0 aliphatic carbocycles. The highest BCUT2D eigenvalue weighted by molar-refractivity contribution is 5.84. The lowest BCUT2D eigenvalue weighted by Crippen LogP contribution is -2.50. The van der Waals surface area contributed by atoms with Gasteiger partial charge in [0.15, 0.2) is 0 Å². The van der Waals surface area contributed by atoms with Crippen LogP contribution in [0.3, 0.4) is 0 Å². The first-order chi connectivity index (χ1) is 12.0. The van der Waals surface area contributed by atoms with Crippen molar-refractivity contribution in [3.05, 3.63) is 41.3 Å². The van der Waals surface area contributed by atoms with Crippen LogP contribution in [0.15, 0.2) is 28.7 Å². The van der Waals surface area contributed by atoms with Crippen molar-refractivity contribution < 1.29 is 9.21 Å². The average molecular weight is 342 g/mol. The van der Waals surface area contributed by atoms with Gasteiger partial charge >= 0.3 is 6.01 Å². The third-order valence-corrected chi connectivity index (χ3v) is 4.75. The Morgan fingerprint density at radius 3 is 2.20 bits per heavy atom. The van der Waals surface area contributed by atoms with E-state index in [0.29, 0.717) is 38.1 Å². The summed E-state index contributed by atoms with van der Waals surface area (Å²) in [5.74, 6) is 0.928. The Kier molecular flexibility index (Phi) is 5.06. The van der Waals surface area contributed by atoms with Crippen LogP contribution in [0.2, 0.25) is 0 Å². The van der Waals surface area contributed by atoms with Crippen molar-refractivity contribution in [1.29, 1.82) is 0 Å². The Labute approximate surface area is 148 Å². The summed E-state index contributed by atoms with van der Waals surface area (Å²) in [5.41, 5.74) is 2.31. The van der Waals surface area contributed by atoms with Gasteiger partial charge in [-0.15, -0.1) is 5.10 Å². The first-order valence-corrected chi connectivity index (χ1v) is 8.86. The summed E-state index contributed by atoms with van der Waals surface area (Å²) in [7, 11) is 0. The smallest absolute Gasteiger partial charge is 0.318 e. The van der Waals surface area contributed by atoms with E-state index in [9.17, 15) is 4.79 Å². The molecule has 6 heteroatoms. The molecule has 134 valence electrons. The summed E-state index contributed by atoms with van der Waals surface area (Å²) >= 11 is 0. The fourth-order valence-electron chi connectivity index (χ4n) is 3.32. The van der Waals surface area contributed by atoms with E-state index >= 15 is 0 Å². The maximum atomic E-state index is 13.1. The van der Waals surface area contributed by atoms with Gasteiger partial charge in [0.25, 0.3) is 0 Å². The molecule has 1 fully saturated rings. The van der Waals surface area contributed by atoms with Crippen LogP contribution in [-0.2, 0) is 4.79 Å². The van der Waals surface area contributed by atoms with Crippen LogP contribution in [0, 0.1) is 19.8 Å². The molecule has 0 radical (unpaired) electrons. The topological polar surface area (TPSA) is 62.5 Å². The summed E-state index contributed by atoms with van der Waals surface area (Å²) in [4.78, 5) is 17.1. The molecule has 6 nitrogen and oxygen atoms in total. The van der Waals surface area contributed by atoms with Crippen molar-refractivity contribution in [3.8, 4) is 0 Å². The zero-order valence-corrected chi connectivity index (χ0v) is 15.4. The number of aryl methyl sites for hydroxylation is 2. The van der Waals surface area contributed by atoms with Crippen molar-refractivity contribution >= 4 is 11.9 Å². The Bertz CT molecular complexity index is 715. The number of hydrogen-bond acceptors (Lipinski definition) is 5. The third kappa shape index (κ3) is 3.83. The van der Waals surface area contributed by atoms with Gasteiger partial charge in [-0.05, 0) is 18.4 Å². The first kappa shape index (κ1) is 17.5. The lowest BCUT2D eigenvalue weighted by molar-refractivity contribution is -0.134. The number of benzene rings is 1. The van der Waals surface area contributed by atoms with Gasteiger partial charge in [-0.3, -0.25) is 4.79 Å². The Morgan fingerprint density at radius 1 is 1.04 bits per heavy atom. The number of anilines is 1. The van der Waals surface area contributed by atoms with Crippen molar-refractivity contribution in [1.82, 2.24) is 15.1 Å². The molecule has 1 aliphatic heterocycles. The van der Waals surface area contributed by atoms with E-state index < -0.39 is 0 Å². The zero-order valence-electron chi connectivity index (χ0n) is 15.4. The second kappa shape index (κ2) is 7.25. The number of hydrogen-bond donors (Lipinski definition) is 0. The molecule has 1 amide bonds. The second-order valence-corrected chi connectivity index (χ2v) is 7.05. The molecule has 1 atom stereocenters. The van der Waals surface area contributed by atoms with Gasteiger partial charge in [-0.1, -0.05) is 48.8 Å². The minimum absolute atomic E-state index is 0.0993. The first-order valence-electron chi connectivity index (χ1n) is 8.86. The molecule has 0 N–H and O–H groups in total. The van der Waals surface area contributed by atoms with E-state index in [1.807, 2.05) is 9.80 Å². The Hall–Kier alpha value is -2.37. The predicted octanol–water partition coefficient (Wildman–Crippen LogP) is 2.77. The van der Waals surface area contributed by atoms with Crippen molar-refractivity contribution in [3.63, 3.8) is 0 Å². The molecule has 2 heterocycles. The normalized spacial score (nSPS) is 16.4. The van der Waals surface area contributed by atoms with E-state index in [2.05, 4.69) is 55.2 Å². The van der Waals surface area contributed by atoms with Gasteiger partial charge in [-0.2, -0.15) is 0 Å². The van der Waals surface area contributed by atoms with Crippen LogP contribution in [0.25, 0.3) is 0 Å². The van der Waals surface area contributed by atoms with Gasteiger partial charge < -0.3 is 14.2 Å². The van der Waals surface area contributed by atoms with Gasteiger partial charge in [0.2, 0.25) is 11.8 Å². The van der Waals surface area contributed by atoms with Crippen molar-refractivity contribution in [2.75, 3.05) is 31.1 Å². The van der Waals surface area contributed by atoms with Crippen LogP contribution in [0.4, 0.5) is 6.01 Å². The number of aromatic nitrogens is 2. The number of carbonyl (C=O) groups is 1. The molecule has 2 aromatic rings. The summed E-state index contributed by atoms with van der Waals surface area (Å²) in [6.07, 6.45) is 0. The summed E-state index contributed by atoms with van der Waals surface area (Å²) < 4.78 is 5.49. The number of carbonyl (C=O) groups excluding carboxylic acids is 1. The van der Waals surface area contributed by atoms with Crippen molar-refractivity contribution in [2.45, 2.75) is 33.6 Å². The maximum absolute atomic E-state index is 13.1. The van der Waals surface area contributed by atoms with Gasteiger partial charge in [0.1, 0.15) is 0 Å². The van der Waals surface area contributed by atoms with Crippen LogP contribution < -0.4 is 4.90 Å². The minimum Gasteiger partial charge on any atom is -0.408 e. The molecule has 3 rings (SSSR count). The highest BCUT2D eigenvalue weighted by atomic mass is 16.4. The lowest BCUT2D eigenvalue weighted by atomic mass is 9.86. The van der Waals surface area contributed by atoms with E-state index in [1.165, 1.54) is 5.56 Å². The third-order valence-electron chi connectivity index (χ3n) is 4.75. The molecule has 1 aromatic heterocycles. The van der Waals surface area contributed by atoms with Gasteiger partial charge in [-0.25, -0.2) is 0 Å². The van der Waals surface area contributed by atoms with E-state index in [1.54, 1.807) is 6.92 Å². The van der Waals surface area contributed by atoms with Crippen LogP contribution in [0.5, 0.6) is 0 Å². The molecule has 1 saturated heterocycles. The minimum atomic E-state index is -0.0993. The molecule has 0 saturated carbocycles.